The number of benzene rings is 1. The maximum Gasteiger partial charge on any atom is 0.264 e. The highest BCUT2D eigenvalue weighted by molar-refractivity contribution is 6.31. The molecular weight excluding hydrogens is 354 g/mol. The number of fused-ring (bicyclic) bond motifs is 1. The van der Waals surface area contributed by atoms with Gasteiger partial charge in [0, 0.05) is 43.0 Å². The summed E-state index contributed by atoms with van der Waals surface area (Å²) in [6.07, 6.45) is 3.73. The first-order chi connectivity index (χ1) is 12.5. The number of aromatic nitrogens is 2. The second-order valence-corrected chi connectivity index (χ2v) is 7.29. The standard InChI is InChI=1S/C19H20ClN3O3/c1-22-13(6-7-21-22)10-14-3-2-8-23(14)19(25)18-11-16(24)15-9-12(20)4-5-17(15)26-18/h4-7,9,14,18H,2-3,8,10-11H2,1H3/t14-,18?/m0/s1. The first kappa shape index (κ1) is 17.1. The van der Waals surface area contributed by atoms with Gasteiger partial charge in [-0.15, -0.1) is 0 Å². The van der Waals surface area contributed by atoms with Gasteiger partial charge in [0.1, 0.15) is 5.75 Å². The van der Waals surface area contributed by atoms with E-state index in [1.807, 2.05) is 22.7 Å². The van der Waals surface area contributed by atoms with Crippen LogP contribution in [0.5, 0.6) is 5.75 Å². The van der Waals surface area contributed by atoms with Gasteiger partial charge in [0.05, 0.1) is 12.0 Å². The van der Waals surface area contributed by atoms with E-state index in [2.05, 4.69) is 5.10 Å². The summed E-state index contributed by atoms with van der Waals surface area (Å²) < 4.78 is 7.69. The lowest BCUT2D eigenvalue weighted by Gasteiger charge is -2.31. The Balaban J connectivity index is 1.51. The zero-order valence-electron chi connectivity index (χ0n) is 14.5. The number of carbonyl (C=O) groups excluding carboxylic acids is 2. The summed E-state index contributed by atoms with van der Waals surface area (Å²) in [7, 11) is 1.90. The van der Waals surface area contributed by atoms with Crippen molar-refractivity contribution in [2.24, 2.45) is 7.05 Å². The van der Waals surface area contributed by atoms with Crippen LogP contribution in [0.15, 0.2) is 30.5 Å². The highest BCUT2D eigenvalue weighted by Crippen LogP contribution is 2.32. The Kier molecular flexibility index (Phi) is 4.44. The third kappa shape index (κ3) is 3.09. The Morgan fingerprint density at radius 2 is 2.23 bits per heavy atom. The summed E-state index contributed by atoms with van der Waals surface area (Å²) >= 11 is 5.95. The van der Waals surface area contributed by atoms with E-state index in [1.165, 1.54) is 0 Å². The molecule has 1 amide bonds. The van der Waals surface area contributed by atoms with Gasteiger partial charge in [0.15, 0.2) is 11.9 Å². The van der Waals surface area contributed by atoms with Gasteiger partial charge >= 0.3 is 0 Å². The van der Waals surface area contributed by atoms with Gasteiger partial charge in [0.25, 0.3) is 5.91 Å². The maximum absolute atomic E-state index is 13.0. The predicted molar refractivity (Wildman–Crippen MR) is 96.5 cm³/mol. The molecule has 6 nitrogen and oxygen atoms in total. The van der Waals surface area contributed by atoms with Crippen LogP contribution in [0.2, 0.25) is 5.02 Å². The molecule has 26 heavy (non-hydrogen) atoms. The minimum atomic E-state index is -0.761. The van der Waals surface area contributed by atoms with Crippen LogP contribution in [0.25, 0.3) is 0 Å². The molecule has 0 aliphatic carbocycles. The molecule has 2 aromatic rings. The number of ketones is 1. The highest BCUT2D eigenvalue weighted by Gasteiger charge is 2.38. The van der Waals surface area contributed by atoms with E-state index < -0.39 is 6.10 Å². The normalized spacial score (nSPS) is 22.2. The van der Waals surface area contributed by atoms with E-state index in [0.717, 1.165) is 25.0 Å². The van der Waals surface area contributed by atoms with Crippen molar-refractivity contribution in [3.8, 4) is 5.75 Å². The van der Waals surface area contributed by atoms with Crippen LogP contribution in [0.4, 0.5) is 0 Å². The summed E-state index contributed by atoms with van der Waals surface area (Å²) in [6.45, 7) is 0.697. The summed E-state index contributed by atoms with van der Waals surface area (Å²) in [5, 5.41) is 4.68. The van der Waals surface area contributed by atoms with E-state index in [4.69, 9.17) is 16.3 Å². The minimum absolute atomic E-state index is 0.0567. The number of aryl methyl sites for hydroxylation is 1. The molecule has 2 aliphatic heterocycles. The number of likely N-dealkylation sites (tertiary alicyclic amines) is 1. The van der Waals surface area contributed by atoms with Gasteiger partial charge in [-0.05, 0) is 37.1 Å². The van der Waals surface area contributed by atoms with Crippen molar-refractivity contribution in [3.05, 3.63) is 46.7 Å². The number of ether oxygens (including phenoxy) is 1. The first-order valence-electron chi connectivity index (χ1n) is 8.79. The van der Waals surface area contributed by atoms with Gasteiger partial charge in [0.2, 0.25) is 0 Å². The molecule has 1 aromatic heterocycles. The van der Waals surface area contributed by atoms with Crippen LogP contribution in [-0.4, -0.2) is 45.1 Å². The zero-order chi connectivity index (χ0) is 18.3. The molecule has 1 saturated heterocycles. The summed E-state index contributed by atoms with van der Waals surface area (Å²) in [5.41, 5.74) is 1.55. The van der Waals surface area contributed by atoms with E-state index >= 15 is 0 Å². The summed E-state index contributed by atoms with van der Waals surface area (Å²) in [5.74, 6) is 0.226. The average Bonchev–Trinajstić information content (AvgIpc) is 3.24. The monoisotopic (exact) mass is 373 g/mol. The molecule has 136 valence electrons. The molecular formula is C19H20ClN3O3. The van der Waals surface area contributed by atoms with Crippen LogP contribution < -0.4 is 4.74 Å². The van der Waals surface area contributed by atoms with Crippen molar-refractivity contribution in [1.29, 1.82) is 0 Å². The number of hydrogen-bond acceptors (Lipinski definition) is 4. The Hall–Kier alpha value is -2.34. The number of hydrogen-bond donors (Lipinski definition) is 0. The fourth-order valence-electron chi connectivity index (χ4n) is 3.80. The second-order valence-electron chi connectivity index (χ2n) is 6.85. The van der Waals surface area contributed by atoms with E-state index in [-0.39, 0.29) is 24.2 Å². The number of amides is 1. The molecule has 1 aromatic carbocycles. The number of carbonyl (C=O) groups is 2. The van der Waals surface area contributed by atoms with Gasteiger partial charge in [-0.1, -0.05) is 11.6 Å². The van der Waals surface area contributed by atoms with Crippen molar-refractivity contribution in [1.82, 2.24) is 14.7 Å². The van der Waals surface area contributed by atoms with Crippen molar-refractivity contribution >= 4 is 23.3 Å². The van der Waals surface area contributed by atoms with Crippen molar-refractivity contribution < 1.29 is 14.3 Å². The fourth-order valence-corrected chi connectivity index (χ4v) is 3.97. The topological polar surface area (TPSA) is 64.4 Å². The van der Waals surface area contributed by atoms with Crippen molar-refractivity contribution in [2.45, 2.75) is 37.8 Å². The number of Topliss-reactive ketones (excluding diaryl/α,β-unsaturated/α-hetero) is 1. The lowest BCUT2D eigenvalue weighted by Crippen LogP contribution is -2.47. The van der Waals surface area contributed by atoms with Crippen LogP contribution in [0.1, 0.15) is 35.3 Å². The van der Waals surface area contributed by atoms with E-state index in [9.17, 15) is 9.59 Å². The molecule has 0 N–H and O–H groups in total. The summed E-state index contributed by atoms with van der Waals surface area (Å²) in [4.78, 5) is 27.3. The second kappa shape index (κ2) is 6.76. The SMILES string of the molecule is Cn1nccc1C[C@@H]1CCCN1C(=O)C1CC(=O)c2cc(Cl)ccc2O1. The van der Waals surface area contributed by atoms with Crippen LogP contribution in [-0.2, 0) is 18.3 Å². The predicted octanol–water partition coefficient (Wildman–Crippen LogP) is 2.64. The molecule has 0 bridgehead atoms. The van der Waals surface area contributed by atoms with Gasteiger partial charge < -0.3 is 9.64 Å². The Bertz CT molecular complexity index is 863. The Labute approximate surface area is 156 Å². The van der Waals surface area contributed by atoms with Gasteiger partial charge in [-0.2, -0.15) is 5.10 Å². The molecule has 0 spiro atoms. The molecule has 7 heteroatoms. The van der Waals surface area contributed by atoms with Crippen molar-refractivity contribution in [2.75, 3.05) is 6.54 Å². The number of rotatable bonds is 3. The quantitative estimate of drug-likeness (QED) is 0.829. The third-order valence-corrected chi connectivity index (χ3v) is 5.42. The fraction of sp³-hybridized carbons (Fsp3) is 0.421. The lowest BCUT2D eigenvalue weighted by atomic mass is 9.99. The third-order valence-electron chi connectivity index (χ3n) is 5.18. The molecule has 3 heterocycles. The largest absolute Gasteiger partial charge is 0.479 e. The van der Waals surface area contributed by atoms with Gasteiger partial charge in [-0.3, -0.25) is 14.3 Å². The zero-order valence-corrected chi connectivity index (χ0v) is 15.3. The van der Waals surface area contributed by atoms with Crippen LogP contribution in [0, 0.1) is 0 Å². The molecule has 0 saturated carbocycles. The Morgan fingerprint density at radius 3 is 3.00 bits per heavy atom. The maximum atomic E-state index is 13.0. The molecule has 0 radical (unpaired) electrons. The molecule has 2 atom stereocenters. The van der Waals surface area contributed by atoms with Crippen LogP contribution in [0.3, 0.4) is 0 Å². The van der Waals surface area contributed by atoms with E-state index in [0.29, 0.717) is 22.9 Å². The molecule has 1 fully saturated rings. The van der Waals surface area contributed by atoms with E-state index in [1.54, 1.807) is 24.4 Å². The van der Waals surface area contributed by atoms with Gasteiger partial charge in [-0.25, -0.2) is 0 Å². The number of halogens is 1. The minimum Gasteiger partial charge on any atom is -0.479 e. The van der Waals surface area contributed by atoms with Crippen molar-refractivity contribution in [3.63, 3.8) is 0 Å². The average molecular weight is 374 g/mol. The lowest BCUT2D eigenvalue weighted by molar-refractivity contribution is -0.139. The van der Waals surface area contributed by atoms with Crippen LogP contribution >= 0.6 is 11.6 Å². The summed E-state index contributed by atoms with van der Waals surface area (Å²) in [6, 6.07) is 7.01. The highest BCUT2D eigenvalue weighted by atomic mass is 35.5. The Morgan fingerprint density at radius 1 is 1.38 bits per heavy atom. The molecule has 1 unspecified atom stereocenters. The number of nitrogens with zero attached hydrogens (tertiary/aromatic N) is 3. The molecule has 4 rings (SSSR count). The molecule has 2 aliphatic rings. The first-order valence-corrected chi connectivity index (χ1v) is 9.17. The smallest absolute Gasteiger partial charge is 0.264 e.